The molecule has 0 heterocycles. The normalized spacial score (nSPS) is 11.4. The minimum Gasteiger partial charge on any atom is -0.488 e. The molecule has 0 unspecified atom stereocenters. The molecule has 0 aliphatic rings. The van der Waals surface area contributed by atoms with Gasteiger partial charge >= 0.3 is 0 Å². The summed E-state index contributed by atoms with van der Waals surface area (Å²) in [6.45, 7) is 9.89. The van der Waals surface area contributed by atoms with Crippen molar-refractivity contribution < 1.29 is 4.74 Å². The highest BCUT2D eigenvalue weighted by molar-refractivity contribution is 6.35. The summed E-state index contributed by atoms with van der Waals surface area (Å²) < 4.78 is 6.21. The first kappa shape index (κ1) is 22.9. The van der Waals surface area contributed by atoms with E-state index >= 15 is 0 Å². The van der Waals surface area contributed by atoms with Crippen LogP contribution in [0.25, 0.3) is 10.8 Å². The first-order valence-corrected chi connectivity index (χ1v) is 11.4. The number of rotatable bonds is 11. The molecule has 3 rings (SSSR count). The summed E-state index contributed by atoms with van der Waals surface area (Å²) in [6.07, 6.45) is 1.13. The van der Waals surface area contributed by atoms with Crippen LogP contribution in [-0.4, -0.2) is 31.1 Å². The number of nitrogens with one attached hydrogen (secondary N) is 1. The van der Waals surface area contributed by atoms with Crippen molar-refractivity contribution in [3.8, 4) is 5.75 Å². The van der Waals surface area contributed by atoms with Crippen LogP contribution in [0.3, 0.4) is 0 Å². The molecule has 0 amide bonds. The van der Waals surface area contributed by atoms with Gasteiger partial charge in [0.2, 0.25) is 0 Å². The number of hydrogen-bond donors (Lipinski definition) is 1. The topological polar surface area (TPSA) is 24.5 Å². The van der Waals surface area contributed by atoms with Crippen molar-refractivity contribution in [2.45, 2.75) is 33.4 Å². The molecule has 0 atom stereocenters. The van der Waals surface area contributed by atoms with Crippen LogP contribution < -0.4 is 10.1 Å². The molecule has 1 N–H and O–H groups in total. The van der Waals surface area contributed by atoms with E-state index in [1.807, 2.05) is 12.1 Å². The summed E-state index contributed by atoms with van der Waals surface area (Å²) in [7, 11) is 0. The quantitative estimate of drug-likeness (QED) is 0.339. The number of ether oxygens (including phenoxy) is 1. The van der Waals surface area contributed by atoms with E-state index in [0.29, 0.717) is 16.7 Å². The minimum atomic E-state index is 0.406. The summed E-state index contributed by atoms with van der Waals surface area (Å²) in [5.41, 5.74) is 2.10. The van der Waals surface area contributed by atoms with E-state index in [-0.39, 0.29) is 0 Å². The Labute approximate surface area is 189 Å². The summed E-state index contributed by atoms with van der Waals surface area (Å²) in [6, 6.07) is 18.1. The molecule has 0 saturated heterocycles. The molecule has 0 aliphatic carbocycles. The Morgan fingerprint density at radius 3 is 2.53 bits per heavy atom. The van der Waals surface area contributed by atoms with Crippen LogP contribution >= 0.6 is 23.2 Å². The van der Waals surface area contributed by atoms with Crippen LogP contribution in [-0.2, 0) is 13.2 Å². The third-order valence-corrected chi connectivity index (χ3v) is 6.01. The van der Waals surface area contributed by atoms with Crippen molar-refractivity contribution in [3.63, 3.8) is 0 Å². The Balaban J connectivity index is 1.70. The van der Waals surface area contributed by atoms with Crippen molar-refractivity contribution in [3.05, 3.63) is 75.8 Å². The standard InChI is InChI=1S/C25H30Cl2N2O/c1-3-29(4-2)15-7-14-28-17-23-22-9-6-5-8-19(22)11-13-25(23)30-18-20-10-12-21(26)16-24(20)27/h5-6,8-13,16,28H,3-4,7,14-15,17-18H2,1-2H3. The zero-order valence-corrected chi connectivity index (χ0v) is 19.3. The largest absolute Gasteiger partial charge is 0.488 e. The van der Waals surface area contributed by atoms with Gasteiger partial charge in [0.05, 0.1) is 0 Å². The van der Waals surface area contributed by atoms with Crippen molar-refractivity contribution in [2.75, 3.05) is 26.2 Å². The monoisotopic (exact) mass is 444 g/mol. The molecule has 0 aliphatic heterocycles. The predicted octanol–water partition coefficient (Wildman–Crippen LogP) is 6.55. The highest BCUT2D eigenvalue weighted by atomic mass is 35.5. The Morgan fingerprint density at radius 2 is 1.77 bits per heavy atom. The van der Waals surface area contributed by atoms with Crippen LogP contribution in [0.5, 0.6) is 5.75 Å². The Kier molecular flexibility index (Phi) is 8.83. The lowest BCUT2D eigenvalue weighted by molar-refractivity contribution is 0.296. The van der Waals surface area contributed by atoms with E-state index in [1.165, 1.54) is 16.3 Å². The zero-order valence-electron chi connectivity index (χ0n) is 17.8. The maximum atomic E-state index is 6.32. The summed E-state index contributed by atoms with van der Waals surface area (Å²) in [5, 5.41) is 7.29. The molecule has 160 valence electrons. The summed E-state index contributed by atoms with van der Waals surface area (Å²) in [4.78, 5) is 2.45. The van der Waals surface area contributed by atoms with Crippen molar-refractivity contribution in [1.82, 2.24) is 10.2 Å². The molecule has 0 saturated carbocycles. The molecule has 0 fully saturated rings. The average molecular weight is 445 g/mol. The lowest BCUT2D eigenvalue weighted by Crippen LogP contribution is -2.27. The minimum absolute atomic E-state index is 0.406. The van der Waals surface area contributed by atoms with Gasteiger partial charge in [-0.2, -0.15) is 0 Å². The maximum absolute atomic E-state index is 6.32. The highest BCUT2D eigenvalue weighted by Gasteiger charge is 2.10. The smallest absolute Gasteiger partial charge is 0.124 e. The first-order chi connectivity index (χ1) is 14.6. The average Bonchev–Trinajstić information content (AvgIpc) is 2.76. The van der Waals surface area contributed by atoms with Gasteiger partial charge in [-0.05, 0) is 61.6 Å². The Bertz CT molecular complexity index is 957. The number of benzene rings is 3. The Hall–Kier alpha value is -1.78. The van der Waals surface area contributed by atoms with Crippen LogP contribution in [0.15, 0.2) is 54.6 Å². The van der Waals surface area contributed by atoms with Gasteiger partial charge in [-0.1, -0.05) is 73.4 Å². The van der Waals surface area contributed by atoms with Crippen molar-refractivity contribution in [2.24, 2.45) is 0 Å². The van der Waals surface area contributed by atoms with Gasteiger partial charge in [0.1, 0.15) is 12.4 Å². The fraction of sp³-hybridized carbons (Fsp3) is 0.360. The summed E-state index contributed by atoms with van der Waals surface area (Å²) in [5.74, 6) is 0.885. The van der Waals surface area contributed by atoms with Crippen LogP contribution in [0.1, 0.15) is 31.4 Å². The number of hydrogen-bond acceptors (Lipinski definition) is 3. The molecule has 0 spiro atoms. The highest BCUT2D eigenvalue weighted by Crippen LogP contribution is 2.30. The van der Waals surface area contributed by atoms with Gasteiger partial charge in [0.15, 0.2) is 0 Å². The van der Waals surface area contributed by atoms with Gasteiger partial charge < -0.3 is 15.0 Å². The van der Waals surface area contributed by atoms with Crippen LogP contribution in [0.4, 0.5) is 0 Å². The van der Waals surface area contributed by atoms with E-state index in [0.717, 1.165) is 50.5 Å². The SMILES string of the molecule is CCN(CC)CCCNCc1c(OCc2ccc(Cl)cc2Cl)ccc2ccccc12. The molecular weight excluding hydrogens is 415 g/mol. The maximum Gasteiger partial charge on any atom is 0.124 e. The van der Waals surface area contributed by atoms with Gasteiger partial charge in [-0.15, -0.1) is 0 Å². The zero-order chi connectivity index (χ0) is 21.3. The number of halogens is 2. The van der Waals surface area contributed by atoms with Gasteiger partial charge in [0.25, 0.3) is 0 Å². The molecule has 3 aromatic carbocycles. The van der Waals surface area contributed by atoms with Crippen molar-refractivity contribution in [1.29, 1.82) is 0 Å². The van der Waals surface area contributed by atoms with Gasteiger partial charge in [0, 0.05) is 27.7 Å². The van der Waals surface area contributed by atoms with Gasteiger partial charge in [-0.25, -0.2) is 0 Å². The second kappa shape index (κ2) is 11.6. The first-order valence-electron chi connectivity index (χ1n) is 10.6. The third-order valence-electron chi connectivity index (χ3n) is 5.42. The second-order valence-electron chi connectivity index (χ2n) is 7.35. The lowest BCUT2D eigenvalue weighted by atomic mass is 10.0. The fourth-order valence-electron chi connectivity index (χ4n) is 3.61. The van der Waals surface area contributed by atoms with Crippen molar-refractivity contribution >= 4 is 34.0 Å². The molecule has 0 aromatic heterocycles. The second-order valence-corrected chi connectivity index (χ2v) is 8.19. The molecule has 5 heteroatoms. The predicted molar refractivity (Wildman–Crippen MR) is 129 cm³/mol. The molecule has 0 bridgehead atoms. The van der Waals surface area contributed by atoms with E-state index in [4.69, 9.17) is 27.9 Å². The third kappa shape index (κ3) is 6.12. The Morgan fingerprint density at radius 1 is 0.967 bits per heavy atom. The fourth-order valence-corrected chi connectivity index (χ4v) is 4.07. The van der Waals surface area contributed by atoms with Crippen LogP contribution in [0.2, 0.25) is 10.0 Å². The van der Waals surface area contributed by atoms with Gasteiger partial charge in [-0.3, -0.25) is 0 Å². The number of fused-ring (bicyclic) bond motifs is 1. The number of nitrogens with zero attached hydrogens (tertiary/aromatic N) is 1. The van der Waals surface area contributed by atoms with E-state index in [1.54, 1.807) is 6.07 Å². The van der Waals surface area contributed by atoms with Crippen LogP contribution in [0, 0.1) is 0 Å². The molecule has 3 aromatic rings. The van der Waals surface area contributed by atoms with E-state index in [2.05, 4.69) is 60.5 Å². The molecule has 30 heavy (non-hydrogen) atoms. The van der Waals surface area contributed by atoms with E-state index < -0.39 is 0 Å². The van der Waals surface area contributed by atoms with E-state index in [9.17, 15) is 0 Å². The lowest BCUT2D eigenvalue weighted by Gasteiger charge is -2.18. The summed E-state index contributed by atoms with van der Waals surface area (Å²) >= 11 is 12.3. The molecule has 0 radical (unpaired) electrons. The molecule has 3 nitrogen and oxygen atoms in total. The molecular formula is C25H30Cl2N2O.